The fourth-order valence-electron chi connectivity index (χ4n) is 1.39. The Hall–Kier alpha value is 2.53. The van der Waals surface area contributed by atoms with E-state index in [1.807, 2.05) is 0 Å². The van der Waals surface area contributed by atoms with Crippen molar-refractivity contribution in [1.29, 1.82) is 0 Å². The fraction of sp³-hybridized carbons (Fsp3) is 0.500. The first-order valence-electron chi connectivity index (χ1n) is 6.28. The molecule has 0 heterocycles. The molecule has 0 spiro atoms. The van der Waals surface area contributed by atoms with Crippen molar-refractivity contribution in [3.05, 3.63) is 0 Å². The molecule has 2 unspecified atom stereocenters. The number of hydrogen-bond acceptors (Lipinski definition) is 10. The topological polar surface area (TPSA) is 273 Å². The second kappa shape index (κ2) is 22.0. The van der Waals surface area contributed by atoms with E-state index in [1.54, 1.807) is 0 Å². The van der Waals surface area contributed by atoms with Gasteiger partial charge >= 0.3 is 198 Å². The number of carbonyl (C=O) groups excluding carboxylic acids is 2. The molecule has 2 radical (unpaired) electrons. The van der Waals surface area contributed by atoms with Gasteiger partial charge in [0.15, 0.2) is 5.60 Å². The van der Waals surface area contributed by atoms with Crippen molar-refractivity contribution < 1.29 is 228 Å². The minimum atomic E-state index is -3.05. The van der Waals surface area contributed by atoms with Crippen LogP contribution in [0.2, 0.25) is 0 Å². The van der Waals surface area contributed by atoms with Gasteiger partial charge in [-0.15, -0.1) is 0 Å². The van der Waals surface area contributed by atoms with E-state index in [1.165, 1.54) is 0 Å². The summed E-state index contributed by atoms with van der Waals surface area (Å²) in [5, 5.41) is 72.9. The van der Waals surface area contributed by atoms with E-state index >= 15 is 0 Å². The van der Waals surface area contributed by atoms with Gasteiger partial charge in [-0.1, -0.05) is 0 Å². The van der Waals surface area contributed by atoms with Crippen molar-refractivity contribution in [3.8, 4) is 0 Å². The smallest absolute Gasteiger partial charge is 1.00 e. The first-order valence-corrected chi connectivity index (χ1v) is 6.28. The average molecular weight is 711 g/mol. The molecule has 0 rings (SSSR count). The van der Waals surface area contributed by atoms with Gasteiger partial charge in [-0.3, -0.25) is 14.4 Å². The Morgan fingerprint density at radius 3 is 1.20 bits per heavy atom. The number of carbonyl (C=O) groups is 6. The molecule has 0 bridgehead atoms. The Balaban J connectivity index is -0.0000000411. The molecule has 18 heteroatoms. The van der Waals surface area contributed by atoms with Crippen LogP contribution in [0.25, 0.3) is 0 Å². The minimum Gasteiger partial charge on any atom is -1.00 e. The molecule has 0 saturated heterocycles. The van der Waals surface area contributed by atoms with Crippen LogP contribution in [0.1, 0.15) is 30.0 Å². The summed E-state index contributed by atoms with van der Waals surface area (Å²) in [6.45, 7) is 0. The summed E-state index contributed by atoms with van der Waals surface area (Å²) < 4.78 is 0. The molecule has 0 aromatic heterocycles. The molecule has 30 heavy (non-hydrogen) atoms. The van der Waals surface area contributed by atoms with E-state index in [-0.39, 0.29) is 185 Å². The number of aliphatic carboxylic acids is 6. The van der Waals surface area contributed by atoms with Crippen molar-refractivity contribution in [2.24, 2.45) is 0 Å². The first kappa shape index (κ1) is 45.9. The van der Waals surface area contributed by atoms with Crippen LogP contribution < -0.4 is 169 Å². The third-order valence-corrected chi connectivity index (χ3v) is 2.53. The quantitative estimate of drug-likeness (QED) is 0.132. The third kappa shape index (κ3) is 22.3. The van der Waals surface area contributed by atoms with Crippen molar-refractivity contribution in [1.82, 2.24) is 0 Å². The van der Waals surface area contributed by atoms with Crippen molar-refractivity contribution in [2.75, 3.05) is 0 Å². The van der Waals surface area contributed by atoms with Gasteiger partial charge in [-0.25, -0.2) is 4.79 Å². The first-order chi connectivity index (χ1) is 11.6. The zero-order valence-corrected chi connectivity index (χ0v) is 29.0. The minimum absolute atomic E-state index is 0. The van der Waals surface area contributed by atoms with Crippen LogP contribution >= 0.6 is 0 Å². The molecule has 0 amide bonds. The molecule has 0 aromatic carbocycles. The van der Waals surface area contributed by atoms with Crippen LogP contribution in [-0.2, 0) is 28.8 Å². The molecule has 0 aliphatic heterocycles. The number of hydrogen-bond donors (Lipinski definition) is 5. The standard InChI is InChI=1S/C6H8O7.C6H7O7.Bi.3K.3H/c2*7-3(8)1-6(13,5(11)12)2-4(9)10;;;;;;;/h13H,1-2H2,(H,7,8)(H,9,10)(H,11,12);1-2H2,(H,7,8)(H,9,10)(H,11,12);;;;;;;/q;-1;+3;3*+1;3*-1/p-2. The molecule has 14 nitrogen and oxygen atoms in total. The van der Waals surface area contributed by atoms with Gasteiger partial charge in [0.1, 0.15) is 0 Å². The maximum Gasteiger partial charge on any atom is 3.00 e. The van der Waals surface area contributed by atoms with Crippen molar-refractivity contribution in [3.63, 3.8) is 0 Å². The zero-order valence-electron chi connectivity index (χ0n) is 19.2. The molecule has 0 aliphatic carbocycles. The van der Waals surface area contributed by atoms with E-state index in [0.717, 1.165) is 0 Å². The van der Waals surface area contributed by atoms with Crippen LogP contribution in [-0.4, -0.2) is 98.8 Å². The fourth-order valence-corrected chi connectivity index (χ4v) is 1.39. The number of rotatable bonds is 10. The van der Waals surface area contributed by atoms with Gasteiger partial charge in [-0.2, -0.15) is 0 Å². The summed E-state index contributed by atoms with van der Waals surface area (Å²) in [4.78, 5) is 60.5. The molecule has 0 aliphatic rings. The van der Waals surface area contributed by atoms with E-state index in [4.69, 9.17) is 25.5 Å². The second-order valence-electron chi connectivity index (χ2n) is 4.87. The van der Waals surface area contributed by atoms with Crippen LogP contribution in [0.5, 0.6) is 0 Å². The largest absolute Gasteiger partial charge is 3.00 e. The molecule has 0 aromatic rings. The normalized spacial score (nSPS) is 12.6. The number of carboxylic acids is 6. The Morgan fingerprint density at radius 1 is 0.667 bits per heavy atom. The van der Waals surface area contributed by atoms with Gasteiger partial charge in [0.2, 0.25) is 0 Å². The second-order valence-corrected chi connectivity index (χ2v) is 4.87. The predicted octanol–water partition coefficient (Wildman–Crippen LogP) is -14.8. The van der Waals surface area contributed by atoms with Gasteiger partial charge in [0.05, 0.1) is 6.42 Å². The van der Waals surface area contributed by atoms with Crippen molar-refractivity contribution >= 4 is 62.0 Å². The van der Waals surface area contributed by atoms with E-state index in [2.05, 4.69) is 0 Å². The summed E-state index contributed by atoms with van der Waals surface area (Å²) in [6.07, 6.45) is -5.10. The van der Waals surface area contributed by atoms with Crippen LogP contribution in [0.15, 0.2) is 0 Å². The van der Waals surface area contributed by atoms with Crippen LogP contribution in [0.4, 0.5) is 0 Å². The summed E-state index contributed by atoms with van der Waals surface area (Å²) in [7, 11) is 0. The molecular formula is C12H16BiK3O14. The SMILES string of the molecule is O=C([O-])CC(O)(CC(=O)O)C(=O)O.O=C([O-])CC([O-])(CC(=O)O)C(=O)O.[Bi+3].[H-].[H-].[H-].[K+].[K+].[K+]. The maximum absolute atomic E-state index is 11.0. The summed E-state index contributed by atoms with van der Waals surface area (Å²) in [5.74, 6) is -10.9. The van der Waals surface area contributed by atoms with Gasteiger partial charge in [0.25, 0.3) is 5.97 Å². The van der Waals surface area contributed by atoms with Crippen LogP contribution in [0.3, 0.4) is 0 Å². The van der Waals surface area contributed by atoms with E-state index in [9.17, 15) is 44.1 Å². The molecule has 0 saturated carbocycles. The molecule has 5 N–H and O–H groups in total. The van der Waals surface area contributed by atoms with Gasteiger partial charge in [0, 0.05) is 30.4 Å². The monoisotopic (exact) mass is 710 g/mol. The maximum atomic E-state index is 11.0. The molecular weight excluding hydrogens is 694 g/mol. The molecule has 156 valence electrons. The van der Waals surface area contributed by atoms with Crippen molar-refractivity contribution in [2.45, 2.75) is 36.9 Å². The summed E-state index contributed by atoms with van der Waals surface area (Å²) >= 11 is 0. The zero-order chi connectivity index (χ0) is 21.3. The predicted molar refractivity (Wildman–Crippen MR) is 75.8 cm³/mol. The van der Waals surface area contributed by atoms with Gasteiger partial charge < -0.3 is 54.7 Å². The van der Waals surface area contributed by atoms with Gasteiger partial charge in [-0.05, 0) is 6.42 Å². The van der Waals surface area contributed by atoms with E-state index < -0.39 is 72.7 Å². The number of carboxylic acid groups (broad SMARTS) is 6. The Bertz CT molecular complexity index is 541. The van der Waals surface area contributed by atoms with Crippen LogP contribution in [0, 0.1) is 0 Å². The van der Waals surface area contributed by atoms with E-state index in [0.29, 0.717) is 0 Å². The average Bonchev–Trinajstić information content (AvgIpc) is 2.34. The Kier molecular flexibility index (Phi) is 33.7. The number of aliphatic hydroxyl groups is 1. The molecule has 0 fully saturated rings. The summed E-state index contributed by atoms with van der Waals surface area (Å²) in [6, 6.07) is 0. The summed E-state index contributed by atoms with van der Waals surface area (Å²) in [5.41, 5.74) is -5.85. The Labute approximate surface area is 320 Å². The molecule has 2 atom stereocenters. The Morgan fingerprint density at radius 2 is 1.00 bits per heavy atom. The third-order valence-electron chi connectivity index (χ3n) is 2.53.